The monoisotopic (exact) mass is 370 g/mol. The number of benzene rings is 1. The molecular formula is C20H23FN4O2. The van der Waals surface area contributed by atoms with E-state index in [-0.39, 0.29) is 0 Å². The highest BCUT2D eigenvalue weighted by Crippen LogP contribution is 2.18. The molecule has 1 amide bonds. The summed E-state index contributed by atoms with van der Waals surface area (Å²) in [4.78, 5) is 17.6. The summed E-state index contributed by atoms with van der Waals surface area (Å²) in [6.45, 7) is 4.97. The smallest absolute Gasteiger partial charge is 0.303 e. The maximum absolute atomic E-state index is 13.4. The minimum absolute atomic E-state index is 0.307. The molecule has 142 valence electrons. The SMILES string of the molecule is Cc1ccc(CN2CC[C@@H](Nc3ccc(/C=C(\F)C(=O)NO)cn3)C2)cc1. The van der Waals surface area contributed by atoms with Gasteiger partial charge in [-0.1, -0.05) is 29.8 Å². The van der Waals surface area contributed by atoms with Gasteiger partial charge in [-0.05, 0) is 42.7 Å². The molecule has 3 N–H and O–H groups in total. The minimum atomic E-state index is -1.18. The second-order valence-electron chi connectivity index (χ2n) is 6.76. The van der Waals surface area contributed by atoms with Crippen LogP contribution in [0.25, 0.3) is 6.08 Å². The molecule has 1 aromatic heterocycles. The molecule has 27 heavy (non-hydrogen) atoms. The van der Waals surface area contributed by atoms with Crippen LogP contribution < -0.4 is 10.8 Å². The molecule has 7 heteroatoms. The van der Waals surface area contributed by atoms with E-state index in [0.717, 1.165) is 32.1 Å². The molecule has 1 fully saturated rings. The molecular weight excluding hydrogens is 347 g/mol. The summed E-state index contributed by atoms with van der Waals surface area (Å²) in [5.74, 6) is -1.55. The Hall–Kier alpha value is -2.77. The number of halogens is 1. The van der Waals surface area contributed by atoms with Crippen LogP contribution in [-0.2, 0) is 11.3 Å². The number of anilines is 1. The zero-order valence-electron chi connectivity index (χ0n) is 15.2. The van der Waals surface area contributed by atoms with Gasteiger partial charge in [-0.2, -0.15) is 0 Å². The number of likely N-dealkylation sites (tertiary alicyclic amines) is 1. The van der Waals surface area contributed by atoms with Crippen molar-refractivity contribution in [3.8, 4) is 0 Å². The number of carbonyl (C=O) groups is 1. The Morgan fingerprint density at radius 2 is 2.11 bits per heavy atom. The number of hydroxylamine groups is 1. The van der Waals surface area contributed by atoms with Gasteiger partial charge < -0.3 is 5.32 Å². The summed E-state index contributed by atoms with van der Waals surface area (Å²) in [7, 11) is 0. The molecule has 6 nitrogen and oxygen atoms in total. The van der Waals surface area contributed by atoms with E-state index >= 15 is 0 Å². The number of aryl methyl sites for hydroxylation is 1. The van der Waals surface area contributed by atoms with Gasteiger partial charge in [0.15, 0.2) is 5.83 Å². The Morgan fingerprint density at radius 3 is 2.78 bits per heavy atom. The number of aromatic nitrogens is 1. The van der Waals surface area contributed by atoms with Crippen molar-refractivity contribution in [2.24, 2.45) is 0 Å². The minimum Gasteiger partial charge on any atom is -0.366 e. The average Bonchev–Trinajstić information content (AvgIpc) is 3.11. The van der Waals surface area contributed by atoms with Crippen molar-refractivity contribution in [2.75, 3.05) is 18.4 Å². The molecule has 1 saturated heterocycles. The summed E-state index contributed by atoms with van der Waals surface area (Å²) in [6, 6.07) is 12.3. The third-order valence-electron chi connectivity index (χ3n) is 4.55. The first kappa shape index (κ1) is 19.0. The van der Waals surface area contributed by atoms with Gasteiger partial charge in [-0.3, -0.25) is 14.9 Å². The molecule has 3 rings (SSSR count). The molecule has 0 unspecified atom stereocenters. The van der Waals surface area contributed by atoms with E-state index in [1.54, 1.807) is 12.1 Å². The number of carbonyl (C=O) groups excluding carboxylic acids is 1. The van der Waals surface area contributed by atoms with Crippen LogP contribution in [0.5, 0.6) is 0 Å². The van der Waals surface area contributed by atoms with Crippen molar-refractivity contribution in [2.45, 2.75) is 25.9 Å². The fraction of sp³-hybridized carbons (Fsp3) is 0.300. The van der Waals surface area contributed by atoms with Gasteiger partial charge in [0.05, 0.1) is 0 Å². The van der Waals surface area contributed by atoms with Gasteiger partial charge in [0, 0.05) is 31.9 Å². The molecule has 1 aliphatic rings. The van der Waals surface area contributed by atoms with Crippen molar-refractivity contribution < 1.29 is 14.4 Å². The van der Waals surface area contributed by atoms with Crippen molar-refractivity contribution in [3.05, 3.63) is 65.1 Å². The first-order chi connectivity index (χ1) is 13.0. The second-order valence-corrected chi connectivity index (χ2v) is 6.76. The maximum atomic E-state index is 13.4. The number of nitrogens with one attached hydrogen (secondary N) is 2. The zero-order chi connectivity index (χ0) is 19.2. The third-order valence-corrected chi connectivity index (χ3v) is 4.55. The van der Waals surface area contributed by atoms with Crippen LogP contribution in [0.1, 0.15) is 23.1 Å². The summed E-state index contributed by atoms with van der Waals surface area (Å²) in [6.07, 6.45) is 3.52. The predicted molar refractivity (Wildman–Crippen MR) is 102 cm³/mol. The zero-order valence-corrected chi connectivity index (χ0v) is 15.2. The Bertz CT molecular complexity index is 806. The fourth-order valence-electron chi connectivity index (χ4n) is 3.10. The van der Waals surface area contributed by atoms with Crippen LogP contribution in [0.15, 0.2) is 48.4 Å². The first-order valence-electron chi connectivity index (χ1n) is 8.85. The van der Waals surface area contributed by atoms with E-state index in [1.165, 1.54) is 22.8 Å². The molecule has 0 saturated carbocycles. The van der Waals surface area contributed by atoms with Gasteiger partial charge in [0.25, 0.3) is 0 Å². The second kappa shape index (κ2) is 8.75. The van der Waals surface area contributed by atoms with E-state index in [2.05, 4.69) is 46.4 Å². The molecule has 1 aromatic carbocycles. The highest BCUT2D eigenvalue weighted by molar-refractivity contribution is 5.94. The topological polar surface area (TPSA) is 77.5 Å². The lowest BCUT2D eigenvalue weighted by Crippen LogP contribution is -2.26. The highest BCUT2D eigenvalue weighted by atomic mass is 19.1. The maximum Gasteiger partial charge on any atom is 0.303 e. The van der Waals surface area contributed by atoms with E-state index < -0.39 is 11.7 Å². The number of amides is 1. The molecule has 0 spiro atoms. The predicted octanol–water partition coefficient (Wildman–Crippen LogP) is 2.89. The molecule has 0 radical (unpaired) electrons. The van der Waals surface area contributed by atoms with Crippen LogP contribution in [0.2, 0.25) is 0 Å². The van der Waals surface area contributed by atoms with Crippen molar-refractivity contribution >= 4 is 17.8 Å². The van der Waals surface area contributed by atoms with E-state index in [9.17, 15) is 9.18 Å². The van der Waals surface area contributed by atoms with E-state index in [0.29, 0.717) is 17.4 Å². The molecule has 2 heterocycles. The Balaban J connectivity index is 1.52. The largest absolute Gasteiger partial charge is 0.366 e. The lowest BCUT2D eigenvalue weighted by atomic mass is 10.1. The Morgan fingerprint density at radius 1 is 1.33 bits per heavy atom. The van der Waals surface area contributed by atoms with Gasteiger partial charge >= 0.3 is 5.91 Å². The van der Waals surface area contributed by atoms with E-state index in [1.807, 2.05) is 0 Å². The van der Waals surface area contributed by atoms with Gasteiger partial charge in [-0.25, -0.2) is 14.9 Å². The van der Waals surface area contributed by atoms with Crippen LogP contribution in [0.4, 0.5) is 10.2 Å². The first-order valence-corrected chi connectivity index (χ1v) is 8.85. The highest BCUT2D eigenvalue weighted by Gasteiger charge is 2.22. The number of pyridine rings is 1. The molecule has 2 aromatic rings. The average molecular weight is 370 g/mol. The summed E-state index contributed by atoms with van der Waals surface area (Å²) >= 11 is 0. The summed E-state index contributed by atoms with van der Waals surface area (Å²) < 4.78 is 13.4. The summed E-state index contributed by atoms with van der Waals surface area (Å²) in [5, 5.41) is 11.8. The Kier molecular flexibility index (Phi) is 6.16. The lowest BCUT2D eigenvalue weighted by Gasteiger charge is -2.17. The normalized spacial score (nSPS) is 17.7. The fourth-order valence-corrected chi connectivity index (χ4v) is 3.10. The van der Waals surface area contributed by atoms with Crippen molar-refractivity contribution in [1.29, 1.82) is 0 Å². The lowest BCUT2D eigenvalue weighted by molar-refractivity contribution is -0.126. The van der Waals surface area contributed by atoms with E-state index in [4.69, 9.17) is 5.21 Å². The molecule has 0 bridgehead atoms. The van der Waals surface area contributed by atoms with Gasteiger partial charge in [-0.15, -0.1) is 0 Å². The van der Waals surface area contributed by atoms with Crippen molar-refractivity contribution in [3.63, 3.8) is 0 Å². The van der Waals surface area contributed by atoms with Crippen molar-refractivity contribution in [1.82, 2.24) is 15.4 Å². The van der Waals surface area contributed by atoms with Crippen LogP contribution >= 0.6 is 0 Å². The molecule has 1 atom stereocenters. The van der Waals surface area contributed by atoms with Crippen LogP contribution in [-0.4, -0.2) is 40.1 Å². The quantitative estimate of drug-likeness (QED) is 0.414. The number of rotatable bonds is 6. The molecule has 1 aliphatic heterocycles. The third kappa shape index (κ3) is 5.35. The number of hydrogen-bond acceptors (Lipinski definition) is 5. The van der Waals surface area contributed by atoms with Gasteiger partial charge in [0.1, 0.15) is 5.82 Å². The van der Waals surface area contributed by atoms with Crippen LogP contribution in [0, 0.1) is 6.92 Å². The molecule has 0 aliphatic carbocycles. The number of hydrogen-bond donors (Lipinski definition) is 3. The Labute approximate surface area is 157 Å². The summed E-state index contributed by atoms with van der Waals surface area (Å²) in [5.41, 5.74) is 4.26. The standard InChI is InChI=1S/C20H23FN4O2/c1-14-2-4-15(5-3-14)12-25-9-8-17(13-25)23-19-7-6-16(11-22-19)10-18(21)20(26)24-27/h2-7,10-11,17,27H,8-9,12-13H2,1H3,(H,22,23)(H,24,26)/b18-10-/t17-/m1/s1. The van der Waals surface area contributed by atoms with Gasteiger partial charge in [0.2, 0.25) is 0 Å². The van der Waals surface area contributed by atoms with Crippen LogP contribution in [0.3, 0.4) is 0 Å². The number of nitrogens with zero attached hydrogens (tertiary/aromatic N) is 2.